The van der Waals surface area contributed by atoms with Gasteiger partial charge in [0.05, 0.1) is 13.7 Å². The zero-order valence-corrected chi connectivity index (χ0v) is 11.4. The number of nitrogens with one attached hydrogen (secondary N) is 1. The van der Waals surface area contributed by atoms with E-state index in [0.717, 1.165) is 31.7 Å². The average molecular weight is 250 g/mol. The zero-order valence-electron chi connectivity index (χ0n) is 11.4. The molecule has 0 aliphatic carbocycles. The molecule has 0 amide bonds. The Hall–Kier alpha value is -1.39. The molecule has 0 aromatic carbocycles. The Morgan fingerprint density at radius 1 is 1.39 bits per heavy atom. The molecule has 100 valence electrons. The van der Waals surface area contributed by atoms with E-state index in [4.69, 9.17) is 9.47 Å². The smallest absolute Gasteiger partial charge is 0.212 e. The number of hydrogen-bond acceptors (Lipinski definition) is 4. The number of nitrogens with zero attached hydrogens (tertiary/aromatic N) is 1. The third kappa shape index (κ3) is 5.29. The standard InChI is InChI=1S/C14H22N2O2/c1-4-12(10-15-7-8-17-2)9-13-5-6-14(18-3)16-11-13/h5-6,9,11,15H,4,7-8,10H2,1-3H3/b12-9-. The van der Waals surface area contributed by atoms with Crippen molar-refractivity contribution >= 4 is 6.08 Å². The Kier molecular flexibility index (Phi) is 7.06. The van der Waals surface area contributed by atoms with E-state index in [2.05, 4.69) is 23.3 Å². The molecular formula is C14H22N2O2. The van der Waals surface area contributed by atoms with Crippen molar-refractivity contribution in [3.8, 4) is 5.88 Å². The predicted molar refractivity (Wildman–Crippen MR) is 73.8 cm³/mol. The summed E-state index contributed by atoms with van der Waals surface area (Å²) in [7, 11) is 3.33. The van der Waals surface area contributed by atoms with Gasteiger partial charge in [-0.25, -0.2) is 4.98 Å². The van der Waals surface area contributed by atoms with Crippen LogP contribution in [0.1, 0.15) is 18.9 Å². The minimum absolute atomic E-state index is 0.642. The van der Waals surface area contributed by atoms with E-state index in [1.165, 1.54) is 5.57 Å². The van der Waals surface area contributed by atoms with Gasteiger partial charge in [-0.2, -0.15) is 0 Å². The van der Waals surface area contributed by atoms with Gasteiger partial charge in [0, 0.05) is 32.5 Å². The van der Waals surface area contributed by atoms with E-state index in [9.17, 15) is 0 Å². The quantitative estimate of drug-likeness (QED) is 0.718. The number of hydrogen-bond donors (Lipinski definition) is 1. The van der Waals surface area contributed by atoms with Crippen molar-refractivity contribution in [3.05, 3.63) is 29.5 Å². The summed E-state index contributed by atoms with van der Waals surface area (Å²) in [5.74, 6) is 0.642. The van der Waals surface area contributed by atoms with Crippen LogP contribution in [-0.2, 0) is 4.74 Å². The first-order valence-electron chi connectivity index (χ1n) is 6.19. The molecule has 1 rings (SSSR count). The molecular weight excluding hydrogens is 228 g/mol. The molecule has 0 spiro atoms. The van der Waals surface area contributed by atoms with Crippen molar-refractivity contribution in [3.63, 3.8) is 0 Å². The maximum absolute atomic E-state index is 5.03. The highest BCUT2D eigenvalue weighted by molar-refractivity contribution is 5.52. The molecule has 0 saturated carbocycles. The maximum atomic E-state index is 5.03. The van der Waals surface area contributed by atoms with Gasteiger partial charge in [-0.1, -0.05) is 18.6 Å². The molecule has 0 aliphatic heterocycles. The Bertz CT molecular complexity index is 361. The van der Waals surface area contributed by atoms with E-state index in [1.807, 2.05) is 18.3 Å². The van der Waals surface area contributed by atoms with Crippen LogP contribution in [0.25, 0.3) is 6.08 Å². The molecule has 0 atom stereocenters. The normalized spacial score (nSPS) is 11.6. The number of ether oxygens (including phenoxy) is 2. The van der Waals surface area contributed by atoms with Gasteiger partial charge < -0.3 is 14.8 Å². The average Bonchev–Trinajstić information content (AvgIpc) is 2.43. The van der Waals surface area contributed by atoms with Crippen LogP contribution in [0.15, 0.2) is 23.9 Å². The highest BCUT2D eigenvalue weighted by Crippen LogP contribution is 2.11. The summed E-state index contributed by atoms with van der Waals surface area (Å²) in [6.45, 7) is 4.64. The molecule has 1 aromatic rings. The first-order valence-corrected chi connectivity index (χ1v) is 6.19. The first-order chi connectivity index (χ1) is 8.80. The first kappa shape index (κ1) is 14.7. The van der Waals surface area contributed by atoms with Crippen LogP contribution in [0.5, 0.6) is 5.88 Å². The summed E-state index contributed by atoms with van der Waals surface area (Å²) in [4.78, 5) is 4.19. The SMILES string of the molecule is CC/C(=C/c1ccc(OC)nc1)CNCCOC. The molecule has 0 aliphatic rings. The highest BCUT2D eigenvalue weighted by Gasteiger charge is 1.97. The van der Waals surface area contributed by atoms with E-state index >= 15 is 0 Å². The lowest BCUT2D eigenvalue weighted by atomic mass is 10.1. The van der Waals surface area contributed by atoms with Crippen molar-refractivity contribution < 1.29 is 9.47 Å². The van der Waals surface area contributed by atoms with Gasteiger partial charge >= 0.3 is 0 Å². The second kappa shape index (κ2) is 8.66. The van der Waals surface area contributed by atoms with E-state index in [1.54, 1.807) is 14.2 Å². The van der Waals surface area contributed by atoms with Crippen LogP contribution in [0.3, 0.4) is 0 Å². The monoisotopic (exact) mass is 250 g/mol. The second-order valence-electron chi connectivity index (χ2n) is 3.96. The lowest BCUT2D eigenvalue weighted by Crippen LogP contribution is -2.21. The van der Waals surface area contributed by atoms with Crippen LogP contribution >= 0.6 is 0 Å². The molecule has 1 N–H and O–H groups in total. The maximum Gasteiger partial charge on any atom is 0.212 e. The van der Waals surface area contributed by atoms with Crippen LogP contribution < -0.4 is 10.1 Å². The fraction of sp³-hybridized carbons (Fsp3) is 0.500. The van der Waals surface area contributed by atoms with Gasteiger partial charge in [0.1, 0.15) is 0 Å². The number of rotatable bonds is 8. The third-order valence-corrected chi connectivity index (χ3v) is 2.63. The fourth-order valence-electron chi connectivity index (χ4n) is 1.53. The van der Waals surface area contributed by atoms with Crippen LogP contribution in [0.4, 0.5) is 0 Å². The lowest BCUT2D eigenvalue weighted by Gasteiger charge is -2.07. The largest absolute Gasteiger partial charge is 0.481 e. The number of pyridine rings is 1. The molecule has 18 heavy (non-hydrogen) atoms. The van der Waals surface area contributed by atoms with E-state index in [-0.39, 0.29) is 0 Å². The Balaban J connectivity index is 2.53. The van der Waals surface area contributed by atoms with Gasteiger partial charge in [-0.3, -0.25) is 0 Å². The zero-order chi connectivity index (χ0) is 13.2. The molecule has 1 aromatic heterocycles. The summed E-state index contributed by atoms with van der Waals surface area (Å²) >= 11 is 0. The van der Waals surface area contributed by atoms with Crippen LogP contribution in [0, 0.1) is 0 Å². The summed E-state index contributed by atoms with van der Waals surface area (Å²) in [6, 6.07) is 3.88. The Morgan fingerprint density at radius 3 is 2.78 bits per heavy atom. The summed E-state index contributed by atoms with van der Waals surface area (Å²) in [5.41, 5.74) is 2.44. The van der Waals surface area contributed by atoms with E-state index < -0.39 is 0 Å². The van der Waals surface area contributed by atoms with Gasteiger partial charge in [0.25, 0.3) is 0 Å². The molecule has 1 heterocycles. The van der Waals surface area contributed by atoms with Crippen molar-refractivity contribution in [1.82, 2.24) is 10.3 Å². The minimum Gasteiger partial charge on any atom is -0.481 e. The number of methoxy groups -OCH3 is 2. The van der Waals surface area contributed by atoms with Crippen LogP contribution in [-0.4, -0.2) is 38.9 Å². The Morgan fingerprint density at radius 2 is 2.22 bits per heavy atom. The van der Waals surface area contributed by atoms with E-state index in [0.29, 0.717) is 5.88 Å². The van der Waals surface area contributed by atoms with Gasteiger partial charge in [-0.05, 0) is 18.1 Å². The lowest BCUT2D eigenvalue weighted by molar-refractivity contribution is 0.200. The van der Waals surface area contributed by atoms with Gasteiger partial charge in [0.15, 0.2) is 0 Å². The highest BCUT2D eigenvalue weighted by atomic mass is 16.5. The molecule has 0 unspecified atom stereocenters. The minimum atomic E-state index is 0.642. The van der Waals surface area contributed by atoms with Gasteiger partial charge in [-0.15, -0.1) is 0 Å². The summed E-state index contributed by atoms with van der Waals surface area (Å²) in [5, 5.41) is 3.34. The Labute approximate surface area is 109 Å². The van der Waals surface area contributed by atoms with Crippen molar-refractivity contribution in [2.24, 2.45) is 0 Å². The second-order valence-corrected chi connectivity index (χ2v) is 3.96. The van der Waals surface area contributed by atoms with Gasteiger partial charge in [0.2, 0.25) is 5.88 Å². The molecule has 4 nitrogen and oxygen atoms in total. The fourth-order valence-corrected chi connectivity index (χ4v) is 1.53. The number of aromatic nitrogens is 1. The molecule has 0 fully saturated rings. The van der Waals surface area contributed by atoms with Crippen LogP contribution in [0.2, 0.25) is 0 Å². The van der Waals surface area contributed by atoms with Crippen molar-refractivity contribution in [2.75, 3.05) is 33.9 Å². The van der Waals surface area contributed by atoms with Crippen molar-refractivity contribution in [1.29, 1.82) is 0 Å². The molecule has 0 radical (unpaired) electrons. The topological polar surface area (TPSA) is 43.4 Å². The predicted octanol–water partition coefficient (Wildman–Crippen LogP) is 2.12. The third-order valence-electron chi connectivity index (χ3n) is 2.63. The molecule has 0 bridgehead atoms. The summed E-state index contributed by atoms with van der Waals surface area (Å²) in [6.07, 6.45) is 5.00. The molecule has 0 saturated heterocycles. The summed E-state index contributed by atoms with van der Waals surface area (Å²) < 4.78 is 10.0. The van der Waals surface area contributed by atoms with Crippen molar-refractivity contribution in [2.45, 2.75) is 13.3 Å². The molecule has 4 heteroatoms.